The molecular formula is C18H26N2O2. The molecule has 4 heteroatoms. The SMILES string of the molecule is CNC(=O)CN(C)C(=O)C1(c2cccc(C)c2)CCCCC1. The first kappa shape index (κ1) is 16.5. The van der Waals surface area contributed by atoms with Crippen LogP contribution in [0.5, 0.6) is 0 Å². The van der Waals surface area contributed by atoms with Crippen molar-refractivity contribution in [1.29, 1.82) is 0 Å². The smallest absolute Gasteiger partial charge is 0.239 e. The highest BCUT2D eigenvalue weighted by atomic mass is 16.2. The van der Waals surface area contributed by atoms with E-state index < -0.39 is 5.41 Å². The molecule has 4 nitrogen and oxygen atoms in total. The minimum Gasteiger partial charge on any atom is -0.358 e. The lowest BCUT2D eigenvalue weighted by atomic mass is 9.68. The van der Waals surface area contributed by atoms with Gasteiger partial charge in [-0.05, 0) is 25.3 Å². The van der Waals surface area contributed by atoms with Crippen LogP contribution in [-0.4, -0.2) is 37.4 Å². The van der Waals surface area contributed by atoms with Crippen molar-refractivity contribution in [1.82, 2.24) is 10.2 Å². The third-order valence-corrected chi connectivity index (χ3v) is 4.69. The van der Waals surface area contributed by atoms with Gasteiger partial charge in [0.1, 0.15) is 0 Å². The maximum Gasteiger partial charge on any atom is 0.239 e. The normalized spacial score (nSPS) is 16.9. The summed E-state index contributed by atoms with van der Waals surface area (Å²) < 4.78 is 0. The maximum atomic E-state index is 13.1. The van der Waals surface area contributed by atoms with Crippen LogP contribution in [0.2, 0.25) is 0 Å². The van der Waals surface area contributed by atoms with Crippen molar-refractivity contribution in [3.63, 3.8) is 0 Å². The Morgan fingerprint density at radius 1 is 1.23 bits per heavy atom. The summed E-state index contributed by atoms with van der Waals surface area (Å²) >= 11 is 0. The van der Waals surface area contributed by atoms with E-state index in [0.717, 1.165) is 31.2 Å². The number of benzene rings is 1. The van der Waals surface area contributed by atoms with Gasteiger partial charge in [-0.15, -0.1) is 0 Å². The second-order valence-corrected chi connectivity index (χ2v) is 6.35. The van der Waals surface area contributed by atoms with Crippen molar-refractivity contribution in [2.45, 2.75) is 44.4 Å². The molecule has 120 valence electrons. The van der Waals surface area contributed by atoms with Gasteiger partial charge >= 0.3 is 0 Å². The zero-order valence-electron chi connectivity index (χ0n) is 13.8. The van der Waals surface area contributed by atoms with E-state index >= 15 is 0 Å². The van der Waals surface area contributed by atoms with E-state index in [1.165, 1.54) is 12.0 Å². The molecule has 1 saturated carbocycles. The third kappa shape index (κ3) is 3.32. The van der Waals surface area contributed by atoms with Crippen LogP contribution in [0.15, 0.2) is 24.3 Å². The van der Waals surface area contributed by atoms with E-state index in [0.29, 0.717) is 0 Å². The summed E-state index contributed by atoms with van der Waals surface area (Å²) in [5, 5.41) is 2.58. The van der Waals surface area contributed by atoms with Gasteiger partial charge in [0.15, 0.2) is 0 Å². The lowest BCUT2D eigenvalue weighted by Crippen LogP contribution is -2.49. The minimum atomic E-state index is -0.465. The van der Waals surface area contributed by atoms with E-state index in [1.807, 2.05) is 6.07 Å². The molecule has 1 aliphatic carbocycles. The molecule has 1 aromatic rings. The largest absolute Gasteiger partial charge is 0.358 e. The fourth-order valence-corrected chi connectivity index (χ4v) is 3.46. The fraction of sp³-hybridized carbons (Fsp3) is 0.556. The highest BCUT2D eigenvalue weighted by molar-refractivity contribution is 5.91. The second-order valence-electron chi connectivity index (χ2n) is 6.35. The van der Waals surface area contributed by atoms with Crippen molar-refractivity contribution in [3.8, 4) is 0 Å². The lowest BCUT2D eigenvalue weighted by Gasteiger charge is -2.39. The molecule has 1 N–H and O–H groups in total. The number of nitrogens with one attached hydrogen (secondary N) is 1. The number of hydrogen-bond acceptors (Lipinski definition) is 2. The number of amides is 2. The molecule has 1 fully saturated rings. The van der Waals surface area contributed by atoms with Crippen LogP contribution < -0.4 is 5.32 Å². The van der Waals surface area contributed by atoms with Gasteiger partial charge in [0.25, 0.3) is 0 Å². The Kier molecular flexibility index (Phi) is 5.22. The van der Waals surface area contributed by atoms with E-state index in [4.69, 9.17) is 0 Å². The molecule has 0 heterocycles. The highest BCUT2D eigenvalue weighted by Gasteiger charge is 2.42. The first-order chi connectivity index (χ1) is 10.5. The number of hydrogen-bond donors (Lipinski definition) is 1. The van der Waals surface area contributed by atoms with Crippen molar-refractivity contribution >= 4 is 11.8 Å². The Labute approximate surface area is 132 Å². The molecule has 0 aromatic heterocycles. The fourth-order valence-electron chi connectivity index (χ4n) is 3.46. The Balaban J connectivity index is 2.33. The summed E-state index contributed by atoms with van der Waals surface area (Å²) in [6, 6.07) is 8.26. The molecule has 0 aliphatic heterocycles. The lowest BCUT2D eigenvalue weighted by molar-refractivity contribution is -0.140. The molecule has 22 heavy (non-hydrogen) atoms. The Hall–Kier alpha value is -1.84. The number of nitrogens with zero attached hydrogens (tertiary/aromatic N) is 1. The summed E-state index contributed by atoms with van der Waals surface area (Å²) in [5.41, 5.74) is 1.80. The van der Waals surface area contributed by atoms with Gasteiger partial charge in [-0.25, -0.2) is 0 Å². The molecular weight excluding hydrogens is 276 g/mol. The molecule has 0 spiro atoms. The highest BCUT2D eigenvalue weighted by Crippen LogP contribution is 2.41. The van der Waals surface area contributed by atoms with Crippen LogP contribution in [-0.2, 0) is 15.0 Å². The molecule has 1 aromatic carbocycles. The van der Waals surface area contributed by atoms with Gasteiger partial charge in [-0.1, -0.05) is 49.1 Å². The van der Waals surface area contributed by atoms with Crippen molar-refractivity contribution < 1.29 is 9.59 Å². The summed E-state index contributed by atoms with van der Waals surface area (Å²) in [7, 11) is 3.32. The van der Waals surface area contributed by atoms with Gasteiger partial charge in [0.05, 0.1) is 12.0 Å². The van der Waals surface area contributed by atoms with Gasteiger partial charge in [-0.3, -0.25) is 9.59 Å². The topological polar surface area (TPSA) is 49.4 Å². The van der Waals surface area contributed by atoms with Crippen molar-refractivity contribution in [2.75, 3.05) is 20.6 Å². The summed E-state index contributed by atoms with van der Waals surface area (Å²) in [6.45, 7) is 2.17. The van der Waals surface area contributed by atoms with Crippen LogP contribution in [0.1, 0.15) is 43.2 Å². The average Bonchev–Trinajstić information content (AvgIpc) is 2.54. The molecule has 0 bridgehead atoms. The molecule has 1 aliphatic rings. The third-order valence-electron chi connectivity index (χ3n) is 4.69. The monoisotopic (exact) mass is 302 g/mol. The first-order valence-corrected chi connectivity index (χ1v) is 8.03. The Morgan fingerprint density at radius 3 is 2.50 bits per heavy atom. The summed E-state index contributed by atoms with van der Waals surface area (Å²) in [4.78, 5) is 26.3. The van der Waals surface area contributed by atoms with Gasteiger partial charge in [0.2, 0.25) is 11.8 Å². The first-order valence-electron chi connectivity index (χ1n) is 8.03. The van der Waals surface area contributed by atoms with E-state index in [9.17, 15) is 9.59 Å². The number of aryl methyl sites for hydroxylation is 1. The maximum absolute atomic E-state index is 13.1. The standard InChI is InChI=1S/C18H26N2O2/c1-14-8-7-9-15(12-14)18(10-5-4-6-11-18)17(22)20(3)13-16(21)19-2/h7-9,12H,4-6,10-11,13H2,1-3H3,(H,19,21). The molecule has 0 saturated heterocycles. The quantitative estimate of drug-likeness (QED) is 0.928. The van der Waals surface area contributed by atoms with E-state index in [-0.39, 0.29) is 18.4 Å². The number of carbonyl (C=O) groups is 2. The number of carbonyl (C=O) groups excluding carboxylic acids is 2. The van der Waals surface area contributed by atoms with Crippen molar-refractivity contribution in [2.24, 2.45) is 0 Å². The van der Waals surface area contributed by atoms with Crippen LogP contribution in [0, 0.1) is 6.92 Å². The molecule has 0 atom stereocenters. The van der Waals surface area contributed by atoms with E-state index in [2.05, 4.69) is 30.4 Å². The Morgan fingerprint density at radius 2 is 1.91 bits per heavy atom. The predicted octanol–water partition coefficient (Wildman–Crippen LogP) is 2.40. The predicted molar refractivity (Wildman–Crippen MR) is 87.6 cm³/mol. The van der Waals surface area contributed by atoms with Crippen LogP contribution >= 0.6 is 0 Å². The Bertz CT molecular complexity index is 548. The van der Waals surface area contributed by atoms with Gasteiger partial charge < -0.3 is 10.2 Å². The second kappa shape index (κ2) is 6.95. The molecule has 0 radical (unpaired) electrons. The van der Waals surface area contributed by atoms with Crippen LogP contribution in [0.4, 0.5) is 0 Å². The van der Waals surface area contributed by atoms with Crippen LogP contribution in [0.3, 0.4) is 0 Å². The van der Waals surface area contributed by atoms with E-state index in [1.54, 1.807) is 19.0 Å². The summed E-state index contributed by atoms with van der Waals surface area (Å²) in [5.74, 6) is -0.0625. The van der Waals surface area contributed by atoms with Crippen molar-refractivity contribution in [3.05, 3.63) is 35.4 Å². The molecule has 0 unspecified atom stereocenters. The average molecular weight is 302 g/mol. The number of rotatable bonds is 4. The molecule has 2 amide bonds. The minimum absolute atomic E-state index is 0.0707. The number of likely N-dealkylation sites (N-methyl/N-ethyl adjacent to an activating group) is 2. The summed E-state index contributed by atoms with van der Waals surface area (Å²) in [6.07, 6.45) is 5.04. The van der Waals surface area contributed by atoms with Crippen LogP contribution in [0.25, 0.3) is 0 Å². The van der Waals surface area contributed by atoms with Gasteiger partial charge in [-0.2, -0.15) is 0 Å². The zero-order chi connectivity index (χ0) is 16.2. The van der Waals surface area contributed by atoms with Gasteiger partial charge in [0, 0.05) is 14.1 Å². The molecule has 2 rings (SSSR count). The zero-order valence-corrected chi connectivity index (χ0v) is 13.8.